The smallest absolute Gasteiger partial charge is 0.223 e. The van der Waals surface area contributed by atoms with Gasteiger partial charge in [0.05, 0.1) is 19.8 Å². The summed E-state index contributed by atoms with van der Waals surface area (Å²) < 4.78 is 11.2. The number of rotatable bonds is 17. The van der Waals surface area contributed by atoms with Gasteiger partial charge in [0.1, 0.15) is 5.75 Å². The van der Waals surface area contributed by atoms with E-state index >= 15 is 0 Å². The number of ether oxygens (including phenoxy) is 2. The number of unbranched alkanes of at least 4 members (excludes halogenated alkanes) is 1. The van der Waals surface area contributed by atoms with E-state index in [9.17, 15) is 9.90 Å². The Morgan fingerprint density at radius 2 is 1.97 bits per heavy atom. The average molecular weight is 535 g/mol. The zero-order valence-corrected chi connectivity index (χ0v) is 25.0. The highest BCUT2D eigenvalue weighted by atomic mass is 16.5. The summed E-state index contributed by atoms with van der Waals surface area (Å²) in [7, 11) is 3.48. The minimum atomic E-state index is -0.761. The Balaban J connectivity index is 2.13. The highest BCUT2D eigenvalue weighted by Crippen LogP contribution is 2.36. The number of nitrogens with two attached hydrogens (primary N) is 1. The predicted molar refractivity (Wildman–Crippen MR) is 156 cm³/mol. The van der Waals surface area contributed by atoms with Crippen LogP contribution in [0.4, 0.5) is 5.69 Å². The lowest BCUT2D eigenvalue weighted by atomic mass is 9.87. The van der Waals surface area contributed by atoms with Gasteiger partial charge in [-0.2, -0.15) is 0 Å². The predicted octanol–water partition coefficient (Wildman–Crippen LogP) is 3.57. The molecule has 3 atom stereocenters. The summed E-state index contributed by atoms with van der Waals surface area (Å²) in [5.41, 5.74) is 10.2. The summed E-state index contributed by atoms with van der Waals surface area (Å²) in [5.74, 6) is 0.813. The lowest BCUT2D eigenvalue weighted by Gasteiger charge is -2.35. The molecule has 1 heterocycles. The van der Waals surface area contributed by atoms with Gasteiger partial charge < -0.3 is 30.5 Å². The molecule has 1 aliphatic heterocycles. The van der Waals surface area contributed by atoms with Gasteiger partial charge in [-0.3, -0.25) is 9.69 Å². The summed E-state index contributed by atoms with van der Waals surface area (Å²) >= 11 is 0. The number of benzene rings is 1. The Bertz CT molecular complexity index is 848. The van der Waals surface area contributed by atoms with Crippen molar-refractivity contribution in [1.29, 1.82) is 0 Å². The summed E-state index contributed by atoms with van der Waals surface area (Å²) in [6, 6.07) is 4.20. The highest BCUT2D eigenvalue weighted by Gasteiger charge is 2.29. The number of aliphatic hydroxyl groups is 1. The molecule has 0 fully saturated rings. The molecule has 8 nitrogen and oxygen atoms in total. The number of fused-ring (bicyclic) bond motifs is 1. The van der Waals surface area contributed by atoms with Crippen molar-refractivity contribution >= 4 is 11.6 Å². The van der Waals surface area contributed by atoms with Gasteiger partial charge in [0.25, 0.3) is 0 Å². The van der Waals surface area contributed by atoms with Gasteiger partial charge in [-0.25, -0.2) is 0 Å². The van der Waals surface area contributed by atoms with Crippen molar-refractivity contribution in [3.63, 3.8) is 0 Å². The van der Waals surface area contributed by atoms with Crippen molar-refractivity contribution in [2.75, 3.05) is 51.9 Å². The van der Waals surface area contributed by atoms with Gasteiger partial charge in [0, 0.05) is 69.1 Å². The number of anilines is 1. The molecule has 8 heteroatoms. The molecule has 1 amide bonds. The molecule has 0 aliphatic carbocycles. The van der Waals surface area contributed by atoms with Crippen molar-refractivity contribution in [3.8, 4) is 5.75 Å². The molecule has 218 valence electrons. The van der Waals surface area contributed by atoms with Gasteiger partial charge in [-0.15, -0.1) is 0 Å². The second-order valence-corrected chi connectivity index (χ2v) is 11.4. The van der Waals surface area contributed by atoms with Crippen molar-refractivity contribution in [2.24, 2.45) is 17.6 Å². The van der Waals surface area contributed by atoms with E-state index in [2.05, 4.69) is 48.0 Å². The molecule has 0 saturated carbocycles. The number of methoxy groups -OCH3 is 2. The Morgan fingerprint density at radius 3 is 2.58 bits per heavy atom. The number of hydrogen-bond donors (Lipinski definition) is 3. The minimum Gasteiger partial charge on any atom is -0.496 e. The zero-order chi connectivity index (χ0) is 28.2. The SMILES string of the molecule is CCCCNC(=O)[C@@H](C[C@H](O)[C@@H](N)CN(Cc1cc(OC)c2c(c1)N(CCOC)CCC2)C(C)C)C(C)C. The van der Waals surface area contributed by atoms with E-state index in [4.69, 9.17) is 15.2 Å². The molecular formula is C30H54N4O4. The van der Waals surface area contributed by atoms with Gasteiger partial charge in [0.2, 0.25) is 5.91 Å². The van der Waals surface area contributed by atoms with Crippen molar-refractivity contribution < 1.29 is 19.4 Å². The van der Waals surface area contributed by atoms with Crippen LogP contribution in [0.3, 0.4) is 0 Å². The lowest BCUT2D eigenvalue weighted by molar-refractivity contribution is -0.127. The van der Waals surface area contributed by atoms with Crippen LogP contribution >= 0.6 is 0 Å². The molecule has 0 aromatic heterocycles. The van der Waals surface area contributed by atoms with Crippen LogP contribution in [0, 0.1) is 11.8 Å². The van der Waals surface area contributed by atoms with Crippen molar-refractivity contribution in [1.82, 2.24) is 10.2 Å². The molecule has 4 N–H and O–H groups in total. The standard InChI is InChI=1S/C30H54N4O4/c1-8-9-12-32-30(36)25(21(2)3)18-28(35)26(31)20-34(22(4)5)19-23-16-27-24(29(17-23)38-7)11-10-13-33(27)14-15-37-6/h16-17,21-22,25-26,28,35H,8-15,18-20,31H2,1-7H3,(H,32,36)/t25-,26-,28-/m0/s1. The maximum atomic E-state index is 12.8. The first-order valence-corrected chi connectivity index (χ1v) is 14.5. The summed E-state index contributed by atoms with van der Waals surface area (Å²) in [4.78, 5) is 17.4. The fourth-order valence-electron chi connectivity index (χ4n) is 5.22. The van der Waals surface area contributed by atoms with Crippen LogP contribution in [0.25, 0.3) is 0 Å². The first-order chi connectivity index (χ1) is 18.1. The van der Waals surface area contributed by atoms with E-state index in [1.807, 2.05) is 13.8 Å². The molecule has 0 spiro atoms. The van der Waals surface area contributed by atoms with Gasteiger partial charge in [-0.05, 0) is 63.1 Å². The second-order valence-electron chi connectivity index (χ2n) is 11.4. The third-order valence-corrected chi connectivity index (χ3v) is 7.75. The molecule has 0 radical (unpaired) electrons. The van der Waals surface area contributed by atoms with Crippen LogP contribution in [0.2, 0.25) is 0 Å². The monoisotopic (exact) mass is 534 g/mol. The number of aliphatic hydroxyl groups excluding tert-OH is 1. The topological polar surface area (TPSA) is 100 Å². The maximum Gasteiger partial charge on any atom is 0.223 e. The molecule has 1 aliphatic rings. The number of carbonyl (C=O) groups is 1. The molecule has 38 heavy (non-hydrogen) atoms. The van der Waals surface area contributed by atoms with E-state index < -0.39 is 12.1 Å². The molecule has 0 unspecified atom stereocenters. The molecule has 2 rings (SSSR count). The summed E-state index contributed by atoms with van der Waals surface area (Å²) in [6.07, 6.45) is 3.71. The van der Waals surface area contributed by atoms with Gasteiger partial charge >= 0.3 is 0 Å². The van der Waals surface area contributed by atoms with E-state index in [1.165, 1.54) is 11.3 Å². The van der Waals surface area contributed by atoms with Crippen LogP contribution in [-0.2, 0) is 22.5 Å². The second kappa shape index (κ2) is 16.3. The minimum absolute atomic E-state index is 0.0135. The van der Waals surface area contributed by atoms with Crippen LogP contribution in [0.15, 0.2) is 12.1 Å². The van der Waals surface area contributed by atoms with E-state index in [-0.39, 0.29) is 23.8 Å². The van der Waals surface area contributed by atoms with Crippen LogP contribution in [-0.4, -0.2) is 81.1 Å². The van der Waals surface area contributed by atoms with Crippen molar-refractivity contribution in [3.05, 3.63) is 23.3 Å². The number of nitrogens with one attached hydrogen (secondary N) is 1. The quantitative estimate of drug-likeness (QED) is 0.263. The van der Waals surface area contributed by atoms with E-state index in [1.54, 1.807) is 14.2 Å². The maximum absolute atomic E-state index is 12.8. The highest BCUT2D eigenvalue weighted by molar-refractivity contribution is 5.78. The van der Waals surface area contributed by atoms with Gasteiger partial charge in [0.15, 0.2) is 0 Å². The van der Waals surface area contributed by atoms with Crippen LogP contribution < -0.4 is 20.7 Å². The fraction of sp³-hybridized carbons (Fsp3) is 0.767. The summed E-state index contributed by atoms with van der Waals surface area (Å²) in [6.45, 7) is 14.9. The van der Waals surface area contributed by atoms with E-state index in [0.717, 1.165) is 50.1 Å². The molecular weight excluding hydrogens is 480 g/mol. The number of nitrogens with zero attached hydrogens (tertiary/aromatic N) is 2. The Labute approximate surface area is 231 Å². The molecule has 0 saturated heterocycles. The number of amides is 1. The average Bonchev–Trinajstić information content (AvgIpc) is 2.89. The first kappa shape index (κ1) is 32.3. The van der Waals surface area contributed by atoms with Crippen molar-refractivity contribution in [2.45, 2.75) is 91.5 Å². The molecule has 1 aromatic carbocycles. The lowest BCUT2D eigenvalue weighted by Crippen LogP contribution is -2.48. The Kier molecular flexibility index (Phi) is 13.9. The Hall–Kier alpha value is -1.87. The van der Waals surface area contributed by atoms with E-state index in [0.29, 0.717) is 32.7 Å². The third kappa shape index (κ3) is 9.40. The summed E-state index contributed by atoms with van der Waals surface area (Å²) in [5, 5.41) is 14.1. The van der Waals surface area contributed by atoms with Gasteiger partial charge in [-0.1, -0.05) is 27.2 Å². The molecule has 1 aromatic rings. The van der Waals surface area contributed by atoms with Crippen LogP contribution in [0.1, 0.15) is 71.4 Å². The normalized spacial score (nSPS) is 16.1. The zero-order valence-electron chi connectivity index (χ0n) is 25.0. The van der Waals surface area contributed by atoms with Crippen LogP contribution in [0.5, 0.6) is 5.75 Å². The fourth-order valence-corrected chi connectivity index (χ4v) is 5.22. The Morgan fingerprint density at radius 1 is 1.24 bits per heavy atom. The third-order valence-electron chi connectivity index (χ3n) is 7.75. The largest absolute Gasteiger partial charge is 0.496 e. The molecule has 0 bridgehead atoms. The number of carbonyl (C=O) groups excluding carboxylic acids is 1. The number of hydrogen-bond acceptors (Lipinski definition) is 7. The first-order valence-electron chi connectivity index (χ1n) is 14.5.